The predicted octanol–water partition coefficient (Wildman–Crippen LogP) is 4.21. The van der Waals surface area contributed by atoms with Crippen LogP contribution in [-0.2, 0) is 11.3 Å². The summed E-state index contributed by atoms with van der Waals surface area (Å²) in [6.45, 7) is -0.00336. The fraction of sp³-hybridized carbons (Fsp3) is 0.0870. The molecule has 4 aromatic rings. The third kappa shape index (κ3) is 4.52. The molecule has 3 aromatic carbocycles. The van der Waals surface area contributed by atoms with Crippen molar-refractivity contribution < 1.29 is 18.0 Å². The molecule has 0 atom stereocenters. The van der Waals surface area contributed by atoms with Crippen LogP contribution < -0.4 is 10.9 Å². The molecule has 1 amide bonds. The third-order valence-corrected chi connectivity index (χ3v) is 5.60. The maximum atomic E-state index is 14.5. The molecule has 1 aromatic heterocycles. The highest BCUT2D eigenvalue weighted by Gasteiger charge is 2.17. The number of carbonyl (C=O) groups excluding carboxylic acids is 1. The van der Waals surface area contributed by atoms with Crippen LogP contribution in [0.4, 0.5) is 13.2 Å². The Morgan fingerprint density at radius 2 is 1.72 bits per heavy atom. The molecule has 9 heteroatoms. The van der Waals surface area contributed by atoms with Crippen LogP contribution in [-0.4, -0.2) is 21.2 Å². The quantitative estimate of drug-likeness (QED) is 0.350. The van der Waals surface area contributed by atoms with Crippen molar-refractivity contribution in [3.63, 3.8) is 0 Å². The van der Waals surface area contributed by atoms with Crippen LogP contribution >= 0.6 is 11.8 Å². The second-order valence-electron chi connectivity index (χ2n) is 6.80. The minimum Gasteiger partial charge on any atom is -0.351 e. The van der Waals surface area contributed by atoms with Crippen molar-refractivity contribution in [2.45, 2.75) is 11.7 Å². The molecule has 0 spiro atoms. The lowest BCUT2D eigenvalue weighted by Gasteiger charge is -2.14. The van der Waals surface area contributed by atoms with Crippen LogP contribution in [0.3, 0.4) is 0 Å². The predicted molar refractivity (Wildman–Crippen MR) is 116 cm³/mol. The van der Waals surface area contributed by atoms with Gasteiger partial charge < -0.3 is 5.32 Å². The normalized spacial score (nSPS) is 11.0. The zero-order valence-corrected chi connectivity index (χ0v) is 17.3. The number of hydrogen-bond donors (Lipinski definition) is 1. The van der Waals surface area contributed by atoms with Gasteiger partial charge in [0.1, 0.15) is 17.5 Å². The van der Waals surface area contributed by atoms with Crippen molar-refractivity contribution in [2.24, 2.45) is 0 Å². The van der Waals surface area contributed by atoms with Crippen molar-refractivity contribution in [1.82, 2.24) is 14.9 Å². The van der Waals surface area contributed by atoms with Gasteiger partial charge in [-0.2, -0.15) is 0 Å². The summed E-state index contributed by atoms with van der Waals surface area (Å²) < 4.78 is 42.6. The number of amides is 1. The van der Waals surface area contributed by atoms with Gasteiger partial charge in [0.2, 0.25) is 5.91 Å². The molecule has 0 saturated heterocycles. The summed E-state index contributed by atoms with van der Waals surface area (Å²) in [4.78, 5) is 29.8. The van der Waals surface area contributed by atoms with Gasteiger partial charge in [0, 0.05) is 18.2 Å². The number of fused-ring (bicyclic) bond motifs is 1. The van der Waals surface area contributed by atoms with Gasteiger partial charge in [-0.3, -0.25) is 14.2 Å². The van der Waals surface area contributed by atoms with Crippen molar-refractivity contribution in [1.29, 1.82) is 0 Å². The van der Waals surface area contributed by atoms with Gasteiger partial charge in [-0.25, -0.2) is 18.2 Å². The number of nitrogens with one attached hydrogen (secondary N) is 1. The molecule has 4 rings (SSSR count). The smallest absolute Gasteiger partial charge is 0.266 e. The van der Waals surface area contributed by atoms with Crippen LogP contribution in [0.5, 0.6) is 0 Å². The first-order valence-electron chi connectivity index (χ1n) is 9.54. The van der Waals surface area contributed by atoms with E-state index in [0.29, 0.717) is 17.1 Å². The summed E-state index contributed by atoms with van der Waals surface area (Å²) in [5.74, 6) is -2.73. The molecule has 1 N–H and O–H groups in total. The molecule has 0 saturated carbocycles. The number of hydrogen-bond acceptors (Lipinski definition) is 4. The number of aromatic nitrogens is 2. The maximum Gasteiger partial charge on any atom is 0.266 e. The molecule has 0 aliphatic carbocycles. The number of carbonyl (C=O) groups is 1. The first kappa shape index (κ1) is 21.6. The molecule has 0 radical (unpaired) electrons. The van der Waals surface area contributed by atoms with Crippen molar-refractivity contribution >= 4 is 28.6 Å². The fourth-order valence-electron chi connectivity index (χ4n) is 3.10. The van der Waals surface area contributed by atoms with E-state index < -0.39 is 28.9 Å². The van der Waals surface area contributed by atoms with Gasteiger partial charge in [0.15, 0.2) is 5.16 Å². The van der Waals surface area contributed by atoms with Crippen LogP contribution in [0.15, 0.2) is 76.7 Å². The van der Waals surface area contributed by atoms with E-state index in [-0.39, 0.29) is 28.5 Å². The van der Waals surface area contributed by atoms with Gasteiger partial charge >= 0.3 is 0 Å². The number of rotatable bonds is 6. The molecule has 5 nitrogen and oxygen atoms in total. The van der Waals surface area contributed by atoms with Gasteiger partial charge in [0.05, 0.1) is 22.3 Å². The lowest BCUT2D eigenvalue weighted by molar-refractivity contribution is -0.118. The summed E-state index contributed by atoms with van der Waals surface area (Å²) in [5, 5.41) is 2.93. The third-order valence-electron chi connectivity index (χ3n) is 4.66. The van der Waals surface area contributed by atoms with E-state index in [1.54, 1.807) is 42.5 Å². The van der Waals surface area contributed by atoms with Crippen LogP contribution in [0.25, 0.3) is 16.6 Å². The summed E-state index contributed by atoms with van der Waals surface area (Å²) in [6.07, 6.45) is 0. The Morgan fingerprint density at radius 1 is 0.969 bits per heavy atom. The molecule has 32 heavy (non-hydrogen) atoms. The fourth-order valence-corrected chi connectivity index (χ4v) is 3.94. The first-order valence-corrected chi connectivity index (χ1v) is 10.5. The summed E-state index contributed by atoms with van der Waals surface area (Å²) >= 11 is 0.917. The van der Waals surface area contributed by atoms with Gasteiger partial charge in [-0.05, 0) is 30.3 Å². The average Bonchev–Trinajstić information content (AvgIpc) is 2.78. The van der Waals surface area contributed by atoms with E-state index >= 15 is 0 Å². The van der Waals surface area contributed by atoms with Crippen LogP contribution in [0, 0.1) is 17.5 Å². The van der Waals surface area contributed by atoms with E-state index in [1.807, 2.05) is 0 Å². The second-order valence-corrected chi connectivity index (χ2v) is 7.75. The standard InChI is InChI=1S/C23H16F3N3O2S/c24-15-9-10-20(18(26)11-15)29-22(31)16-6-2-4-8-19(16)28-23(29)32-13-21(30)27-12-14-5-1-3-7-17(14)25/h1-11H,12-13H2,(H,27,30). The highest BCUT2D eigenvalue weighted by Crippen LogP contribution is 2.23. The largest absolute Gasteiger partial charge is 0.351 e. The van der Waals surface area contributed by atoms with Crippen molar-refractivity contribution in [2.75, 3.05) is 5.75 Å². The second kappa shape index (κ2) is 9.27. The molecule has 162 valence electrons. The van der Waals surface area contributed by atoms with E-state index in [4.69, 9.17) is 0 Å². The van der Waals surface area contributed by atoms with Crippen LogP contribution in [0.2, 0.25) is 0 Å². The number of benzene rings is 3. The molecule has 0 aliphatic rings. The lowest BCUT2D eigenvalue weighted by atomic mass is 10.2. The number of thioether (sulfide) groups is 1. The first-order chi connectivity index (χ1) is 15.4. The Labute approximate surface area is 184 Å². The van der Waals surface area contributed by atoms with Gasteiger partial charge in [0.25, 0.3) is 5.56 Å². The van der Waals surface area contributed by atoms with E-state index in [1.165, 1.54) is 6.07 Å². The number of para-hydroxylation sites is 1. The Kier molecular flexibility index (Phi) is 6.27. The summed E-state index contributed by atoms with van der Waals surface area (Å²) in [7, 11) is 0. The monoisotopic (exact) mass is 455 g/mol. The lowest BCUT2D eigenvalue weighted by Crippen LogP contribution is -2.27. The van der Waals surface area contributed by atoms with Crippen molar-refractivity contribution in [3.05, 3.63) is 100 Å². The molecular formula is C23H16F3N3O2S. The molecule has 1 heterocycles. The Bertz CT molecular complexity index is 1370. The minimum absolute atomic E-state index is 0.00336. The zero-order valence-electron chi connectivity index (χ0n) is 16.5. The Balaban J connectivity index is 1.63. The maximum absolute atomic E-state index is 14.5. The zero-order chi connectivity index (χ0) is 22.7. The number of nitrogens with zero attached hydrogens (tertiary/aromatic N) is 2. The van der Waals surface area contributed by atoms with E-state index in [2.05, 4.69) is 10.3 Å². The molecule has 0 unspecified atom stereocenters. The van der Waals surface area contributed by atoms with Gasteiger partial charge in [-0.1, -0.05) is 42.1 Å². The highest BCUT2D eigenvalue weighted by molar-refractivity contribution is 7.99. The molecule has 0 fully saturated rings. The summed E-state index contributed by atoms with van der Waals surface area (Å²) in [5.41, 5.74) is -0.00945. The SMILES string of the molecule is O=C(CSc1nc2ccccc2c(=O)n1-c1ccc(F)cc1F)NCc1ccccc1F. The summed E-state index contributed by atoms with van der Waals surface area (Å²) in [6, 6.07) is 15.5. The topological polar surface area (TPSA) is 64.0 Å². The molecular weight excluding hydrogens is 439 g/mol. The molecule has 0 bridgehead atoms. The van der Waals surface area contributed by atoms with E-state index in [0.717, 1.165) is 28.5 Å². The average molecular weight is 455 g/mol. The molecule has 0 aliphatic heterocycles. The van der Waals surface area contributed by atoms with Crippen LogP contribution in [0.1, 0.15) is 5.56 Å². The Morgan fingerprint density at radius 3 is 2.50 bits per heavy atom. The minimum atomic E-state index is -0.935. The Hall–Kier alpha value is -3.59. The number of halogens is 3. The van der Waals surface area contributed by atoms with Gasteiger partial charge in [-0.15, -0.1) is 0 Å². The van der Waals surface area contributed by atoms with E-state index in [9.17, 15) is 22.8 Å². The van der Waals surface area contributed by atoms with Crippen molar-refractivity contribution in [3.8, 4) is 5.69 Å². The highest BCUT2D eigenvalue weighted by atomic mass is 32.2.